The van der Waals surface area contributed by atoms with Crippen LogP contribution in [0.5, 0.6) is 5.75 Å². The molecule has 0 heterocycles. The molecule has 0 bridgehead atoms. The molecule has 0 atom stereocenters. The topological polar surface area (TPSA) is 46.5 Å². The van der Waals surface area contributed by atoms with Crippen LogP contribution >= 0.6 is 0 Å². The number of aldehydes is 1. The number of aliphatic hydroxyl groups is 1. The van der Waals surface area contributed by atoms with Crippen LogP contribution in [0.25, 0.3) is 11.1 Å². The number of carbonyl (C=O) groups excluding carboxylic acids is 1. The molecule has 0 aliphatic rings. The van der Waals surface area contributed by atoms with Gasteiger partial charge in [-0.25, -0.2) is 0 Å². The first kappa shape index (κ1) is 22.7. The van der Waals surface area contributed by atoms with Crippen molar-refractivity contribution in [1.29, 1.82) is 0 Å². The van der Waals surface area contributed by atoms with Gasteiger partial charge in [-0.3, -0.25) is 4.79 Å². The lowest BCUT2D eigenvalue weighted by molar-refractivity contribution is -0.105. The number of ether oxygens (including phenoxy) is 1. The Balaban J connectivity index is 0.000000527. The molecule has 3 nitrogen and oxygen atoms in total. The second kappa shape index (κ2) is 13.8. The van der Waals surface area contributed by atoms with Crippen LogP contribution in [-0.2, 0) is 11.2 Å². The van der Waals surface area contributed by atoms with Crippen LogP contribution in [0.2, 0.25) is 0 Å². The minimum atomic E-state index is -0.233. The van der Waals surface area contributed by atoms with Crippen LogP contribution in [0.1, 0.15) is 44.6 Å². The lowest BCUT2D eigenvalue weighted by Gasteiger charge is -2.06. The molecule has 0 amide bonds. The first-order chi connectivity index (χ1) is 13.1. The molecule has 0 aliphatic carbocycles. The van der Waals surface area contributed by atoms with Gasteiger partial charge in [-0.1, -0.05) is 75.6 Å². The predicted octanol–water partition coefficient (Wildman–Crippen LogP) is 5.61. The molecule has 0 aromatic heterocycles. The summed E-state index contributed by atoms with van der Waals surface area (Å²) in [5.41, 5.74) is 4.18. The second-order valence-electron chi connectivity index (χ2n) is 6.52. The summed E-state index contributed by atoms with van der Waals surface area (Å²) in [6, 6.07) is 17.2. The number of aryl methyl sites for hydroxylation is 1. The average molecular weight is 369 g/mol. The molecule has 0 fully saturated rings. The molecule has 1 N–H and O–H groups in total. The van der Waals surface area contributed by atoms with Gasteiger partial charge in [-0.15, -0.1) is 0 Å². The number of unbranched alkanes of at least 4 members (excludes halogenated alkanes) is 4. The number of carbonyl (C=O) groups is 1. The molecule has 27 heavy (non-hydrogen) atoms. The number of hydrogen-bond acceptors (Lipinski definition) is 3. The van der Waals surface area contributed by atoms with E-state index in [0.717, 1.165) is 5.75 Å². The Labute approximate surface area is 163 Å². The zero-order chi connectivity index (χ0) is 19.9. The van der Waals surface area contributed by atoms with Crippen LogP contribution in [0.4, 0.5) is 0 Å². The van der Waals surface area contributed by atoms with Crippen molar-refractivity contribution in [1.82, 2.24) is 0 Å². The Morgan fingerprint density at radius 1 is 0.963 bits per heavy atom. The summed E-state index contributed by atoms with van der Waals surface area (Å²) >= 11 is 0. The van der Waals surface area contributed by atoms with Gasteiger partial charge in [-0.2, -0.15) is 0 Å². The first-order valence-corrected chi connectivity index (χ1v) is 9.61. The minimum Gasteiger partial charge on any atom is -0.497 e. The monoisotopic (exact) mass is 368 g/mol. The highest BCUT2D eigenvalue weighted by molar-refractivity contribution is 5.72. The maximum atomic E-state index is 9.48. The van der Waals surface area contributed by atoms with Crippen LogP contribution in [-0.4, -0.2) is 25.1 Å². The van der Waals surface area contributed by atoms with Crippen LogP contribution < -0.4 is 4.74 Å². The van der Waals surface area contributed by atoms with Gasteiger partial charge < -0.3 is 9.84 Å². The predicted molar refractivity (Wildman–Crippen MR) is 113 cm³/mol. The maximum Gasteiger partial charge on any atom is 0.147 e. The standard InChI is InChI=1S/C20H26O.C4H6O2/c1-3-4-5-6-7-8-17-9-11-18(12-10-17)19-13-15-20(21-2)16-14-19;1-4(2-5)3-6/h9-16H,3-8H2,1-2H3;2,6H,1,3H2. The summed E-state index contributed by atoms with van der Waals surface area (Å²) in [6.45, 7) is 5.20. The molecule has 0 saturated carbocycles. The van der Waals surface area contributed by atoms with Gasteiger partial charge in [0.2, 0.25) is 0 Å². The van der Waals surface area contributed by atoms with Gasteiger partial charge in [0.1, 0.15) is 12.0 Å². The fraction of sp³-hybridized carbons (Fsp3) is 0.375. The van der Waals surface area contributed by atoms with Crippen molar-refractivity contribution in [2.45, 2.75) is 45.4 Å². The number of methoxy groups -OCH3 is 1. The summed E-state index contributed by atoms with van der Waals surface area (Å²) in [5.74, 6) is 0.905. The highest BCUT2D eigenvalue weighted by Gasteiger charge is 1.99. The van der Waals surface area contributed by atoms with Crippen molar-refractivity contribution in [3.8, 4) is 16.9 Å². The third-order valence-electron chi connectivity index (χ3n) is 4.32. The first-order valence-electron chi connectivity index (χ1n) is 9.61. The summed E-state index contributed by atoms with van der Waals surface area (Å²) in [7, 11) is 1.70. The third-order valence-corrected chi connectivity index (χ3v) is 4.32. The quantitative estimate of drug-likeness (QED) is 0.337. The maximum absolute atomic E-state index is 9.48. The van der Waals surface area contributed by atoms with Gasteiger partial charge in [0, 0.05) is 5.57 Å². The molecule has 2 rings (SSSR count). The van der Waals surface area contributed by atoms with E-state index in [1.165, 1.54) is 55.2 Å². The molecule has 0 aliphatic heterocycles. The Hall–Kier alpha value is -2.39. The Bertz CT molecular complexity index is 657. The Kier molecular flexibility index (Phi) is 11.5. The number of rotatable bonds is 10. The molecule has 146 valence electrons. The van der Waals surface area contributed by atoms with Crippen LogP contribution in [0, 0.1) is 0 Å². The van der Waals surface area contributed by atoms with Crippen LogP contribution in [0.15, 0.2) is 60.7 Å². The summed E-state index contributed by atoms with van der Waals surface area (Å²) in [4.78, 5) is 9.48. The third kappa shape index (κ3) is 9.20. The van der Waals surface area contributed by atoms with Crippen molar-refractivity contribution in [3.05, 3.63) is 66.2 Å². The molecule has 2 aromatic rings. The fourth-order valence-electron chi connectivity index (χ4n) is 2.62. The van der Waals surface area contributed by atoms with Crippen molar-refractivity contribution in [2.75, 3.05) is 13.7 Å². The molecule has 0 saturated heterocycles. The zero-order valence-electron chi connectivity index (χ0n) is 16.6. The van der Waals surface area contributed by atoms with Gasteiger partial charge >= 0.3 is 0 Å². The van der Waals surface area contributed by atoms with Crippen molar-refractivity contribution in [2.24, 2.45) is 0 Å². The van der Waals surface area contributed by atoms with E-state index in [4.69, 9.17) is 9.84 Å². The Morgan fingerprint density at radius 3 is 1.96 bits per heavy atom. The molecular formula is C24H32O3. The van der Waals surface area contributed by atoms with Gasteiger partial charge in [-0.05, 0) is 41.7 Å². The van der Waals surface area contributed by atoms with E-state index >= 15 is 0 Å². The molecule has 0 radical (unpaired) electrons. The largest absolute Gasteiger partial charge is 0.497 e. The molecule has 0 unspecified atom stereocenters. The normalized spacial score (nSPS) is 9.89. The molecular weight excluding hydrogens is 336 g/mol. The van der Waals surface area contributed by atoms with Crippen molar-refractivity contribution in [3.63, 3.8) is 0 Å². The van der Waals surface area contributed by atoms with Gasteiger partial charge in [0.05, 0.1) is 13.7 Å². The molecule has 2 aromatic carbocycles. The van der Waals surface area contributed by atoms with Gasteiger partial charge in [0.15, 0.2) is 0 Å². The Morgan fingerprint density at radius 2 is 1.52 bits per heavy atom. The lowest BCUT2D eigenvalue weighted by atomic mass is 10.0. The average Bonchev–Trinajstić information content (AvgIpc) is 2.74. The molecule has 3 heteroatoms. The van der Waals surface area contributed by atoms with E-state index in [2.05, 4.69) is 49.9 Å². The van der Waals surface area contributed by atoms with E-state index in [1.807, 2.05) is 12.1 Å². The molecule has 0 spiro atoms. The smallest absolute Gasteiger partial charge is 0.147 e. The number of hydrogen-bond donors (Lipinski definition) is 1. The van der Waals surface area contributed by atoms with E-state index in [1.54, 1.807) is 7.11 Å². The van der Waals surface area contributed by atoms with E-state index in [0.29, 0.717) is 6.29 Å². The summed E-state index contributed by atoms with van der Waals surface area (Å²) < 4.78 is 5.20. The minimum absolute atomic E-state index is 0.218. The van der Waals surface area contributed by atoms with Gasteiger partial charge in [0.25, 0.3) is 0 Å². The lowest BCUT2D eigenvalue weighted by Crippen LogP contribution is -1.87. The van der Waals surface area contributed by atoms with Crippen molar-refractivity contribution < 1.29 is 14.6 Å². The zero-order valence-corrected chi connectivity index (χ0v) is 16.6. The second-order valence-corrected chi connectivity index (χ2v) is 6.52. The summed E-state index contributed by atoms with van der Waals surface area (Å²) in [5, 5.41) is 8.00. The highest BCUT2D eigenvalue weighted by atomic mass is 16.5. The van der Waals surface area contributed by atoms with E-state index in [-0.39, 0.29) is 12.2 Å². The fourth-order valence-corrected chi connectivity index (χ4v) is 2.62. The number of benzene rings is 2. The number of aliphatic hydroxyl groups excluding tert-OH is 1. The summed E-state index contributed by atoms with van der Waals surface area (Å²) in [6.07, 6.45) is 8.45. The highest BCUT2D eigenvalue weighted by Crippen LogP contribution is 2.23. The van der Waals surface area contributed by atoms with Crippen molar-refractivity contribution >= 4 is 6.29 Å². The van der Waals surface area contributed by atoms with E-state index < -0.39 is 0 Å². The van der Waals surface area contributed by atoms with Crippen LogP contribution in [0.3, 0.4) is 0 Å². The van der Waals surface area contributed by atoms with E-state index in [9.17, 15) is 4.79 Å². The SMILES string of the molecule is C=C(C=O)CO.CCCCCCCc1ccc(-c2ccc(OC)cc2)cc1.